The van der Waals surface area contributed by atoms with E-state index in [1.807, 2.05) is 53.4 Å². The second-order valence-corrected chi connectivity index (χ2v) is 10.2. The number of hydrogen-bond donors (Lipinski definition) is 1. The summed E-state index contributed by atoms with van der Waals surface area (Å²) in [6.45, 7) is 0.741. The third kappa shape index (κ3) is 4.06. The highest BCUT2D eigenvalue weighted by Crippen LogP contribution is 2.46. The van der Waals surface area contributed by atoms with Gasteiger partial charge in [-0.05, 0) is 77.2 Å². The molecule has 0 radical (unpaired) electrons. The van der Waals surface area contributed by atoms with E-state index >= 15 is 0 Å². The fourth-order valence-electron chi connectivity index (χ4n) is 5.38. The number of carbonyl (C=O) groups is 2. The highest BCUT2D eigenvalue weighted by molar-refractivity contribution is 7.10. The van der Waals surface area contributed by atoms with Gasteiger partial charge >= 0.3 is 0 Å². The molecular weight excluding hydrogens is 452 g/mol. The molecular formula is C30H26N2O2S. The molecule has 2 amide bonds. The van der Waals surface area contributed by atoms with Gasteiger partial charge < -0.3 is 10.2 Å². The normalized spacial score (nSPS) is 14.6. The molecule has 4 aromatic rings. The molecule has 2 heterocycles. The molecule has 0 saturated heterocycles. The van der Waals surface area contributed by atoms with E-state index in [9.17, 15) is 9.59 Å². The predicted octanol–water partition coefficient (Wildman–Crippen LogP) is 6.87. The molecule has 35 heavy (non-hydrogen) atoms. The number of aryl methyl sites for hydroxylation is 1. The van der Waals surface area contributed by atoms with E-state index in [1.54, 1.807) is 11.3 Å². The molecule has 0 fully saturated rings. The summed E-state index contributed by atoms with van der Waals surface area (Å²) < 4.78 is 0. The number of nitrogens with zero attached hydrogens (tertiary/aromatic N) is 1. The molecule has 0 unspecified atom stereocenters. The van der Waals surface area contributed by atoms with Crippen LogP contribution in [0.3, 0.4) is 0 Å². The lowest BCUT2D eigenvalue weighted by Gasteiger charge is -2.21. The molecule has 3 aromatic carbocycles. The minimum Gasteiger partial charge on any atom is -0.326 e. The number of anilines is 2. The second kappa shape index (κ2) is 9.16. The lowest BCUT2D eigenvalue weighted by Crippen LogP contribution is -2.31. The Bertz CT molecular complexity index is 1360. The number of thiophene rings is 1. The molecule has 6 rings (SSSR count). The van der Waals surface area contributed by atoms with Crippen LogP contribution in [0.2, 0.25) is 0 Å². The van der Waals surface area contributed by atoms with Crippen molar-refractivity contribution in [2.24, 2.45) is 0 Å². The van der Waals surface area contributed by atoms with Gasteiger partial charge in [-0.25, -0.2) is 0 Å². The van der Waals surface area contributed by atoms with E-state index in [0.717, 1.165) is 31.5 Å². The zero-order valence-electron chi connectivity index (χ0n) is 19.4. The first-order valence-electron chi connectivity index (χ1n) is 12.2. The van der Waals surface area contributed by atoms with Crippen LogP contribution in [0, 0.1) is 0 Å². The molecule has 1 aliphatic heterocycles. The SMILES string of the molecule is O=C(CC1c2ccccc2-c2ccccc21)Nc1ccc(C(=O)N2CCCCc3sccc32)cc1. The van der Waals surface area contributed by atoms with Gasteiger partial charge in [0, 0.05) is 35.0 Å². The topological polar surface area (TPSA) is 49.4 Å². The van der Waals surface area contributed by atoms with Crippen molar-refractivity contribution in [1.82, 2.24) is 0 Å². The lowest BCUT2D eigenvalue weighted by atomic mass is 9.93. The molecule has 1 aliphatic carbocycles. The van der Waals surface area contributed by atoms with E-state index in [2.05, 4.69) is 41.0 Å². The van der Waals surface area contributed by atoms with Crippen LogP contribution < -0.4 is 10.2 Å². The van der Waals surface area contributed by atoms with Crippen LogP contribution in [0.1, 0.15) is 51.5 Å². The smallest absolute Gasteiger partial charge is 0.258 e. The summed E-state index contributed by atoms with van der Waals surface area (Å²) in [5.41, 5.74) is 7.23. The molecule has 0 saturated carbocycles. The van der Waals surface area contributed by atoms with Crippen molar-refractivity contribution in [1.29, 1.82) is 0 Å². The summed E-state index contributed by atoms with van der Waals surface area (Å²) in [6, 6.07) is 26.0. The van der Waals surface area contributed by atoms with Crippen molar-refractivity contribution >= 4 is 34.5 Å². The Morgan fingerprint density at radius 1 is 0.857 bits per heavy atom. The molecule has 5 heteroatoms. The Balaban J connectivity index is 1.16. The predicted molar refractivity (Wildman–Crippen MR) is 142 cm³/mol. The van der Waals surface area contributed by atoms with Gasteiger partial charge in [0.15, 0.2) is 0 Å². The maximum Gasteiger partial charge on any atom is 0.258 e. The zero-order chi connectivity index (χ0) is 23.8. The van der Waals surface area contributed by atoms with Gasteiger partial charge in [0.05, 0.1) is 5.69 Å². The monoisotopic (exact) mass is 478 g/mol. The molecule has 2 aliphatic rings. The molecule has 0 bridgehead atoms. The number of carbonyl (C=O) groups excluding carboxylic acids is 2. The zero-order valence-corrected chi connectivity index (χ0v) is 20.2. The van der Waals surface area contributed by atoms with Gasteiger partial charge in [-0.2, -0.15) is 0 Å². The maximum absolute atomic E-state index is 13.3. The molecule has 1 N–H and O–H groups in total. The summed E-state index contributed by atoms with van der Waals surface area (Å²) in [6.07, 6.45) is 3.54. The average molecular weight is 479 g/mol. The highest BCUT2D eigenvalue weighted by atomic mass is 32.1. The minimum absolute atomic E-state index is 0.0172. The lowest BCUT2D eigenvalue weighted by molar-refractivity contribution is -0.116. The number of nitrogens with one attached hydrogen (secondary N) is 1. The summed E-state index contributed by atoms with van der Waals surface area (Å²) in [4.78, 5) is 29.5. The Morgan fingerprint density at radius 2 is 1.54 bits per heavy atom. The van der Waals surface area contributed by atoms with E-state index in [-0.39, 0.29) is 17.7 Å². The second-order valence-electron chi connectivity index (χ2n) is 9.20. The van der Waals surface area contributed by atoms with Gasteiger partial charge in [-0.3, -0.25) is 9.59 Å². The fourth-order valence-corrected chi connectivity index (χ4v) is 6.30. The summed E-state index contributed by atoms with van der Waals surface area (Å²) in [5, 5.41) is 5.10. The van der Waals surface area contributed by atoms with Crippen LogP contribution >= 0.6 is 11.3 Å². The van der Waals surface area contributed by atoms with E-state index in [0.29, 0.717) is 17.7 Å². The van der Waals surface area contributed by atoms with Gasteiger partial charge in [0.1, 0.15) is 0 Å². The van der Waals surface area contributed by atoms with Crippen molar-refractivity contribution in [2.75, 3.05) is 16.8 Å². The highest BCUT2D eigenvalue weighted by Gasteiger charge is 2.29. The molecule has 4 nitrogen and oxygen atoms in total. The molecule has 0 atom stereocenters. The minimum atomic E-state index is -0.0315. The van der Waals surface area contributed by atoms with Crippen LogP contribution in [0.5, 0.6) is 0 Å². The van der Waals surface area contributed by atoms with Gasteiger partial charge in [0.25, 0.3) is 5.91 Å². The largest absolute Gasteiger partial charge is 0.326 e. The first kappa shape index (κ1) is 21.8. The van der Waals surface area contributed by atoms with Gasteiger partial charge in [-0.15, -0.1) is 11.3 Å². The first-order chi connectivity index (χ1) is 17.2. The van der Waals surface area contributed by atoms with Gasteiger partial charge in [-0.1, -0.05) is 48.5 Å². The Labute approximate surface area is 209 Å². The molecule has 0 spiro atoms. The summed E-state index contributed by atoms with van der Waals surface area (Å²) >= 11 is 1.73. The van der Waals surface area contributed by atoms with Gasteiger partial charge in [0.2, 0.25) is 5.91 Å². The van der Waals surface area contributed by atoms with Crippen molar-refractivity contribution in [2.45, 2.75) is 31.6 Å². The third-order valence-corrected chi connectivity index (χ3v) is 8.03. The Kier molecular flexibility index (Phi) is 5.71. The number of fused-ring (bicyclic) bond motifs is 4. The van der Waals surface area contributed by atoms with Crippen LogP contribution in [0.25, 0.3) is 11.1 Å². The first-order valence-corrected chi connectivity index (χ1v) is 13.0. The van der Waals surface area contributed by atoms with Crippen molar-refractivity contribution in [3.63, 3.8) is 0 Å². The Morgan fingerprint density at radius 3 is 2.26 bits per heavy atom. The van der Waals surface area contributed by atoms with Crippen molar-refractivity contribution in [3.8, 4) is 11.1 Å². The van der Waals surface area contributed by atoms with Crippen LogP contribution in [0.15, 0.2) is 84.2 Å². The van der Waals surface area contributed by atoms with Crippen molar-refractivity contribution < 1.29 is 9.59 Å². The van der Waals surface area contributed by atoms with Crippen LogP contribution in [0.4, 0.5) is 11.4 Å². The Hall–Kier alpha value is -3.70. The number of benzene rings is 3. The summed E-state index contributed by atoms with van der Waals surface area (Å²) in [7, 11) is 0. The maximum atomic E-state index is 13.3. The van der Waals surface area contributed by atoms with Crippen LogP contribution in [-0.4, -0.2) is 18.4 Å². The summed E-state index contributed by atoms with van der Waals surface area (Å²) in [5.74, 6) is 0.0331. The number of rotatable bonds is 4. The molecule has 1 aromatic heterocycles. The van der Waals surface area contributed by atoms with Crippen molar-refractivity contribution in [3.05, 3.63) is 106 Å². The van der Waals surface area contributed by atoms with E-state index < -0.39 is 0 Å². The third-order valence-electron chi connectivity index (χ3n) is 7.06. The fraction of sp³-hybridized carbons (Fsp3) is 0.200. The number of amides is 2. The van der Waals surface area contributed by atoms with Crippen LogP contribution in [-0.2, 0) is 11.2 Å². The van der Waals surface area contributed by atoms with E-state index in [4.69, 9.17) is 0 Å². The number of hydrogen-bond acceptors (Lipinski definition) is 3. The standard InChI is InChI=1S/C30H26N2O2S/c33-29(19-26-24-9-3-1-7-22(24)23-8-2-4-10-25(23)26)31-21-14-12-20(13-15-21)30(34)32-17-6-5-11-28-27(32)16-18-35-28/h1-4,7-10,12-16,18,26H,5-6,11,17,19H2,(H,31,33). The van der Waals surface area contributed by atoms with E-state index in [1.165, 1.54) is 27.1 Å². The quantitative estimate of drug-likeness (QED) is 0.348. The molecule has 174 valence electrons. The average Bonchev–Trinajstić information content (AvgIpc) is 3.41.